The van der Waals surface area contributed by atoms with Crippen LogP contribution in [0.2, 0.25) is 0 Å². The highest BCUT2D eigenvalue weighted by molar-refractivity contribution is 7.14. The Labute approximate surface area is 167 Å². The van der Waals surface area contributed by atoms with E-state index in [4.69, 9.17) is 4.99 Å². The van der Waals surface area contributed by atoms with Gasteiger partial charge in [-0.2, -0.15) is 0 Å². The fourth-order valence-corrected chi connectivity index (χ4v) is 4.08. The third-order valence-corrected chi connectivity index (χ3v) is 5.59. The van der Waals surface area contributed by atoms with Gasteiger partial charge in [0.25, 0.3) is 0 Å². The minimum atomic E-state index is 0.718. The second-order valence-electron chi connectivity index (χ2n) is 7.15. The van der Waals surface area contributed by atoms with Crippen LogP contribution in [0.3, 0.4) is 0 Å². The fraction of sp³-hybridized carbons (Fsp3) is 0.476. The zero-order chi connectivity index (χ0) is 19.1. The Hall–Kier alpha value is -2.05. The molecule has 0 unspecified atom stereocenters. The summed E-state index contributed by atoms with van der Waals surface area (Å²) in [4.78, 5) is 11.9. The van der Waals surface area contributed by atoms with Crippen LogP contribution in [0, 0.1) is 0 Å². The summed E-state index contributed by atoms with van der Waals surface area (Å²) in [6, 6.07) is 13.1. The third-order valence-electron chi connectivity index (χ3n) is 4.67. The van der Waals surface area contributed by atoms with Gasteiger partial charge in [-0.1, -0.05) is 24.3 Å². The lowest BCUT2D eigenvalue weighted by Crippen LogP contribution is -2.52. The highest BCUT2D eigenvalue weighted by atomic mass is 32.1. The van der Waals surface area contributed by atoms with E-state index in [1.807, 2.05) is 11.3 Å². The zero-order valence-corrected chi connectivity index (χ0v) is 17.5. The van der Waals surface area contributed by atoms with Gasteiger partial charge in [-0.3, -0.25) is 0 Å². The molecule has 146 valence electrons. The lowest BCUT2D eigenvalue weighted by atomic mass is 10.1. The molecule has 6 heteroatoms. The van der Waals surface area contributed by atoms with Gasteiger partial charge in [0.05, 0.1) is 11.5 Å². The average molecular weight is 386 g/mol. The number of guanidine groups is 1. The van der Waals surface area contributed by atoms with Crippen LogP contribution in [0.15, 0.2) is 46.8 Å². The average Bonchev–Trinajstić information content (AvgIpc) is 3.21. The molecule has 1 aliphatic heterocycles. The molecule has 0 spiro atoms. The number of thiophene rings is 1. The number of hydrogen-bond donors (Lipinski definition) is 1. The summed E-state index contributed by atoms with van der Waals surface area (Å²) in [5.41, 5.74) is 2.59. The van der Waals surface area contributed by atoms with Crippen molar-refractivity contribution in [2.45, 2.75) is 20.0 Å². The van der Waals surface area contributed by atoms with Crippen molar-refractivity contribution in [1.82, 2.24) is 15.1 Å². The summed E-state index contributed by atoms with van der Waals surface area (Å²) < 4.78 is 0. The Kier molecular flexibility index (Phi) is 7.12. The van der Waals surface area contributed by atoms with E-state index >= 15 is 0 Å². The molecule has 1 aromatic carbocycles. The summed E-state index contributed by atoms with van der Waals surface area (Å²) in [5.74, 6) is 1.03. The molecule has 2 aromatic rings. The van der Waals surface area contributed by atoms with Crippen LogP contribution in [0.5, 0.6) is 0 Å². The van der Waals surface area contributed by atoms with E-state index < -0.39 is 0 Å². The molecule has 0 saturated carbocycles. The molecule has 5 nitrogen and oxygen atoms in total. The first-order chi connectivity index (χ1) is 13.2. The number of benzene rings is 1. The van der Waals surface area contributed by atoms with Crippen LogP contribution in [-0.2, 0) is 13.1 Å². The van der Waals surface area contributed by atoms with Crippen molar-refractivity contribution in [2.75, 3.05) is 51.7 Å². The molecule has 1 N–H and O–H groups in total. The van der Waals surface area contributed by atoms with Crippen LogP contribution in [0.4, 0.5) is 5.00 Å². The lowest BCUT2D eigenvalue weighted by molar-refractivity contribution is 0.373. The van der Waals surface area contributed by atoms with E-state index in [1.54, 1.807) is 0 Å². The Morgan fingerprint density at radius 2 is 1.78 bits per heavy atom. The fourth-order valence-electron chi connectivity index (χ4n) is 3.30. The minimum Gasteiger partial charge on any atom is -0.360 e. The van der Waals surface area contributed by atoms with E-state index in [2.05, 4.69) is 82.8 Å². The standard InChI is InChI=1S/C21H31N5S/c1-4-22-21(23-16-18-7-9-19(10-8-18)17-24(2)3)26-13-11-25(12-14-26)20-6-5-15-27-20/h5-10,15H,4,11-14,16-17H2,1-3H3,(H,22,23). The Balaban J connectivity index is 1.58. The van der Waals surface area contributed by atoms with Crippen LogP contribution in [0.1, 0.15) is 18.1 Å². The molecule has 0 bridgehead atoms. The largest absolute Gasteiger partial charge is 0.360 e. The monoisotopic (exact) mass is 385 g/mol. The van der Waals surface area contributed by atoms with Gasteiger partial charge in [0.2, 0.25) is 0 Å². The van der Waals surface area contributed by atoms with Crippen LogP contribution in [0.25, 0.3) is 0 Å². The predicted molar refractivity (Wildman–Crippen MR) is 117 cm³/mol. The maximum absolute atomic E-state index is 4.89. The van der Waals surface area contributed by atoms with Crippen molar-refractivity contribution in [2.24, 2.45) is 4.99 Å². The van der Waals surface area contributed by atoms with Crippen LogP contribution in [-0.4, -0.2) is 62.6 Å². The SMILES string of the molecule is CCNC(=NCc1ccc(CN(C)C)cc1)N1CCN(c2cccs2)CC1. The molecule has 3 rings (SSSR count). The number of nitrogens with one attached hydrogen (secondary N) is 1. The van der Waals surface area contributed by atoms with Crippen molar-refractivity contribution >= 4 is 22.3 Å². The van der Waals surface area contributed by atoms with Gasteiger partial charge in [0.1, 0.15) is 0 Å². The molecule has 1 aromatic heterocycles. The Morgan fingerprint density at radius 3 is 2.37 bits per heavy atom. The molecule has 0 radical (unpaired) electrons. The topological polar surface area (TPSA) is 34.1 Å². The number of piperazine rings is 1. The maximum atomic E-state index is 4.89. The van der Waals surface area contributed by atoms with Gasteiger partial charge in [-0.15, -0.1) is 11.3 Å². The van der Waals surface area contributed by atoms with Crippen LogP contribution >= 0.6 is 11.3 Å². The highest BCUT2D eigenvalue weighted by Gasteiger charge is 2.20. The molecule has 0 atom stereocenters. The molecular weight excluding hydrogens is 354 g/mol. The summed E-state index contributed by atoms with van der Waals surface area (Å²) in [7, 11) is 4.19. The number of rotatable bonds is 6. The quantitative estimate of drug-likeness (QED) is 0.612. The molecule has 1 saturated heterocycles. The molecular formula is C21H31N5S. The number of hydrogen-bond acceptors (Lipinski definition) is 4. The van der Waals surface area contributed by atoms with E-state index in [9.17, 15) is 0 Å². The summed E-state index contributed by atoms with van der Waals surface area (Å²) >= 11 is 1.82. The first-order valence-electron chi connectivity index (χ1n) is 9.70. The number of aliphatic imine (C=N–C) groups is 1. The van der Waals surface area contributed by atoms with Gasteiger partial charge in [0, 0.05) is 39.3 Å². The van der Waals surface area contributed by atoms with E-state index in [0.717, 1.165) is 51.8 Å². The zero-order valence-electron chi connectivity index (χ0n) is 16.7. The maximum Gasteiger partial charge on any atom is 0.194 e. The Bertz CT molecular complexity index is 701. The van der Waals surface area contributed by atoms with E-state index in [-0.39, 0.29) is 0 Å². The molecule has 0 amide bonds. The van der Waals surface area contributed by atoms with Crippen molar-refractivity contribution in [3.8, 4) is 0 Å². The molecule has 27 heavy (non-hydrogen) atoms. The smallest absolute Gasteiger partial charge is 0.194 e. The minimum absolute atomic E-state index is 0.718. The molecule has 1 aliphatic rings. The predicted octanol–water partition coefficient (Wildman–Crippen LogP) is 3.10. The number of anilines is 1. The molecule has 1 fully saturated rings. The lowest BCUT2D eigenvalue weighted by Gasteiger charge is -2.37. The number of nitrogens with zero attached hydrogens (tertiary/aromatic N) is 4. The van der Waals surface area contributed by atoms with Gasteiger partial charge < -0.3 is 20.0 Å². The van der Waals surface area contributed by atoms with Crippen LogP contribution < -0.4 is 10.2 Å². The molecule has 0 aliphatic carbocycles. The van der Waals surface area contributed by atoms with Crippen molar-refractivity contribution < 1.29 is 0 Å². The highest BCUT2D eigenvalue weighted by Crippen LogP contribution is 2.22. The van der Waals surface area contributed by atoms with Gasteiger partial charge in [-0.25, -0.2) is 4.99 Å². The van der Waals surface area contributed by atoms with Gasteiger partial charge >= 0.3 is 0 Å². The van der Waals surface area contributed by atoms with E-state index in [1.165, 1.54) is 16.1 Å². The van der Waals surface area contributed by atoms with Crippen molar-refractivity contribution in [3.63, 3.8) is 0 Å². The first-order valence-corrected chi connectivity index (χ1v) is 10.6. The second kappa shape index (κ2) is 9.76. The first kappa shape index (κ1) is 19.7. The molecule has 2 heterocycles. The van der Waals surface area contributed by atoms with Crippen molar-refractivity contribution in [1.29, 1.82) is 0 Å². The second-order valence-corrected chi connectivity index (χ2v) is 8.08. The van der Waals surface area contributed by atoms with Crippen molar-refractivity contribution in [3.05, 3.63) is 52.9 Å². The summed E-state index contributed by atoms with van der Waals surface area (Å²) in [6.07, 6.45) is 0. The van der Waals surface area contributed by atoms with Gasteiger partial charge in [-0.05, 0) is 49.7 Å². The normalized spacial score (nSPS) is 15.5. The van der Waals surface area contributed by atoms with E-state index in [0.29, 0.717) is 0 Å². The third kappa shape index (κ3) is 5.71. The summed E-state index contributed by atoms with van der Waals surface area (Å²) in [6.45, 7) is 8.82. The summed E-state index contributed by atoms with van der Waals surface area (Å²) in [5, 5.41) is 6.98. The van der Waals surface area contributed by atoms with Gasteiger partial charge in [0.15, 0.2) is 5.96 Å². The Morgan fingerprint density at radius 1 is 1.07 bits per heavy atom.